The Balaban J connectivity index is 1.77. The van der Waals surface area contributed by atoms with Crippen molar-refractivity contribution in [3.8, 4) is 11.5 Å². The molecule has 6 heteroatoms. The molecule has 0 radical (unpaired) electrons. The van der Waals surface area contributed by atoms with E-state index in [-0.39, 0.29) is 17.4 Å². The molecule has 0 amide bonds. The van der Waals surface area contributed by atoms with Crippen LogP contribution in [0.5, 0.6) is 0 Å². The van der Waals surface area contributed by atoms with Gasteiger partial charge in [-0.15, -0.1) is 0 Å². The van der Waals surface area contributed by atoms with Crippen molar-refractivity contribution in [1.82, 2.24) is 9.88 Å². The third-order valence-electron chi connectivity index (χ3n) is 4.11. The fraction of sp³-hybridized carbons (Fsp3) is 0.471. The van der Waals surface area contributed by atoms with Crippen molar-refractivity contribution >= 4 is 9.84 Å². The first-order chi connectivity index (χ1) is 10.9. The topological polar surface area (TPSA) is 63.4 Å². The molecule has 0 spiro atoms. The Kier molecular flexibility index (Phi) is 4.55. The van der Waals surface area contributed by atoms with E-state index in [0.717, 1.165) is 23.6 Å². The third-order valence-corrected chi connectivity index (χ3v) is 5.99. The maximum atomic E-state index is 11.9. The van der Waals surface area contributed by atoms with E-state index in [4.69, 9.17) is 4.42 Å². The molecule has 5 nitrogen and oxygen atoms in total. The average molecular weight is 334 g/mol. The molecule has 3 rings (SSSR count). The standard InChI is InChI=1S/C17H22N2O3S/c1-13-10-19(8-9-23(20,21)12-13)11-16-14(2)18-17(22-16)15-6-4-3-5-7-15/h3-7,13H,8-12H2,1-2H3. The molecule has 2 aromatic rings. The summed E-state index contributed by atoms with van der Waals surface area (Å²) < 4.78 is 29.7. The molecule has 23 heavy (non-hydrogen) atoms. The van der Waals surface area contributed by atoms with Gasteiger partial charge < -0.3 is 4.42 Å². The van der Waals surface area contributed by atoms with Crippen LogP contribution in [0.2, 0.25) is 0 Å². The van der Waals surface area contributed by atoms with Gasteiger partial charge in [0.15, 0.2) is 9.84 Å². The second-order valence-corrected chi connectivity index (χ2v) is 8.58. The molecule has 1 unspecified atom stereocenters. The summed E-state index contributed by atoms with van der Waals surface area (Å²) in [4.78, 5) is 6.66. The van der Waals surface area contributed by atoms with Crippen LogP contribution in [-0.2, 0) is 16.4 Å². The zero-order valence-corrected chi connectivity index (χ0v) is 14.3. The van der Waals surface area contributed by atoms with Crippen molar-refractivity contribution in [2.24, 2.45) is 5.92 Å². The lowest BCUT2D eigenvalue weighted by Crippen LogP contribution is -2.28. The van der Waals surface area contributed by atoms with Gasteiger partial charge in [-0.05, 0) is 25.0 Å². The fourth-order valence-electron chi connectivity index (χ4n) is 3.00. The molecule has 2 heterocycles. The van der Waals surface area contributed by atoms with Crippen molar-refractivity contribution in [2.45, 2.75) is 20.4 Å². The van der Waals surface area contributed by atoms with Crippen LogP contribution in [0.3, 0.4) is 0 Å². The van der Waals surface area contributed by atoms with Crippen LogP contribution in [0.4, 0.5) is 0 Å². The quantitative estimate of drug-likeness (QED) is 0.863. The predicted molar refractivity (Wildman–Crippen MR) is 89.8 cm³/mol. The van der Waals surface area contributed by atoms with E-state index in [1.54, 1.807) is 0 Å². The molecular weight excluding hydrogens is 312 g/mol. The van der Waals surface area contributed by atoms with Crippen LogP contribution < -0.4 is 0 Å². The number of nitrogens with zero attached hydrogens (tertiary/aromatic N) is 2. The molecule has 0 saturated carbocycles. The van der Waals surface area contributed by atoms with Gasteiger partial charge in [-0.3, -0.25) is 4.90 Å². The molecule has 1 saturated heterocycles. The highest BCUT2D eigenvalue weighted by atomic mass is 32.2. The maximum Gasteiger partial charge on any atom is 0.226 e. The zero-order valence-electron chi connectivity index (χ0n) is 13.5. The number of aromatic nitrogens is 1. The maximum absolute atomic E-state index is 11.9. The lowest BCUT2D eigenvalue weighted by atomic mass is 10.2. The van der Waals surface area contributed by atoms with Crippen molar-refractivity contribution in [1.29, 1.82) is 0 Å². The highest BCUT2D eigenvalue weighted by Crippen LogP contribution is 2.23. The normalized spacial score (nSPS) is 21.9. The van der Waals surface area contributed by atoms with Gasteiger partial charge in [0.2, 0.25) is 5.89 Å². The van der Waals surface area contributed by atoms with Gasteiger partial charge in [-0.25, -0.2) is 13.4 Å². The fourth-order valence-corrected chi connectivity index (χ4v) is 4.67. The Labute approximate surface area is 137 Å². The molecule has 1 aliphatic rings. The first kappa shape index (κ1) is 16.2. The Morgan fingerprint density at radius 2 is 2.04 bits per heavy atom. The van der Waals surface area contributed by atoms with Crippen LogP contribution in [-0.4, -0.2) is 42.9 Å². The lowest BCUT2D eigenvalue weighted by molar-refractivity contribution is 0.237. The number of benzene rings is 1. The van der Waals surface area contributed by atoms with E-state index < -0.39 is 9.84 Å². The third kappa shape index (κ3) is 4.00. The van der Waals surface area contributed by atoms with Gasteiger partial charge in [0.1, 0.15) is 5.76 Å². The zero-order chi connectivity index (χ0) is 16.4. The van der Waals surface area contributed by atoms with Gasteiger partial charge in [0.05, 0.1) is 23.7 Å². The van der Waals surface area contributed by atoms with E-state index in [1.807, 2.05) is 44.2 Å². The molecule has 1 aromatic heterocycles. The first-order valence-electron chi connectivity index (χ1n) is 7.87. The minimum Gasteiger partial charge on any atom is -0.440 e. The Morgan fingerprint density at radius 1 is 1.30 bits per heavy atom. The smallest absolute Gasteiger partial charge is 0.226 e. The second kappa shape index (κ2) is 6.45. The summed E-state index contributed by atoms with van der Waals surface area (Å²) >= 11 is 0. The molecule has 124 valence electrons. The summed E-state index contributed by atoms with van der Waals surface area (Å²) in [5.41, 5.74) is 1.82. The molecule has 0 N–H and O–H groups in total. The predicted octanol–water partition coefficient (Wildman–Crippen LogP) is 2.52. The van der Waals surface area contributed by atoms with Crippen LogP contribution in [0.1, 0.15) is 18.4 Å². The largest absolute Gasteiger partial charge is 0.440 e. The minimum absolute atomic E-state index is 0.138. The Hall–Kier alpha value is -1.66. The summed E-state index contributed by atoms with van der Waals surface area (Å²) in [7, 11) is -2.93. The number of sulfone groups is 1. The molecular formula is C17H22N2O3S. The lowest BCUT2D eigenvalue weighted by Gasteiger charge is -2.20. The summed E-state index contributed by atoms with van der Waals surface area (Å²) in [5, 5.41) is 0. The summed E-state index contributed by atoms with van der Waals surface area (Å²) in [6.45, 7) is 5.83. The monoisotopic (exact) mass is 334 g/mol. The molecule has 1 aliphatic heterocycles. The minimum atomic E-state index is -2.93. The molecule has 0 bridgehead atoms. The van der Waals surface area contributed by atoms with Crippen LogP contribution in [0, 0.1) is 12.8 Å². The summed E-state index contributed by atoms with van der Waals surface area (Å²) in [5.74, 6) is 2.06. The number of hydrogen-bond acceptors (Lipinski definition) is 5. The van der Waals surface area contributed by atoms with Gasteiger partial charge in [-0.2, -0.15) is 0 Å². The molecule has 0 aliphatic carbocycles. The van der Waals surface area contributed by atoms with E-state index in [2.05, 4.69) is 9.88 Å². The van der Waals surface area contributed by atoms with Gasteiger partial charge in [-0.1, -0.05) is 25.1 Å². The molecule has 1 aromatic carbocycles. The average Bonchev–Trinajstić information content (AvgIpc) is 2.79. The number of oxazole rings is 1. The van der Waals surface area contributed by atoms with Crippen molar-refractivity contribution in [3.05, 3.63) is 41.8 Å². The van der Waals surface area contributed by atoms with Gasteiger partial charge in [0.25, 0.3) is 0 Å². The van der Waals surface area contributed by atoms with Gasteiger partial charge >= 0.3 is 0 Å². The number of rotatable bonds is 3. The Morgan fingerprint density at radius 3 is 2.78 bits per heavy atom. The van der Waals surface area contributed by atoms with E-state index in [1.165, 1.54) is 0 Å². The van der Waals surface area contributed by atoms with E-state index in [0.29, 0.717) is 19.0 Å². The first-order valence-corrected chi connectivity index (χ1v) is 9.69. The highest BCUT2D eigenvalue weighted by Gasteiger charge is 2.25. The summed E-state index contributed by atoms with van der Waals surface area (Å²) in [6, 6.07) is 9.80. The number of aryl methyl sites for hydroxylation is 1. The van der Waals surface area contributed by atoms with Crippen molar-refractivity contribution in [3.63, 3.8) is 0 Å². The van der Waals surface area contributed by atoms with Crippen LogP contribution in [0.25, 0.3) is 11.5 Å². The number of hydrogen-bond donors (Lipinski definition) is 0. The van der Waals surface area contributed by atoms with E-state index in [9.17, 15) is 8.42 Å². The van der Waals surface area contributed by atoms with Crippen molar-refractivity contribution < 1.29 is 12.8 Å². The van der Waals surface area contributed by atoms with Crippen molar-refractivity contribution in [2.75, 3.05) is 24.6 Å². The SMILES string of the molecule is Cc1nc(-c2ccccc2)oc1CN1CCS(=O)(=O)CC(C)C1. The Bertz CT molecular complexity index is 768. The van der Waals surface area contributed by atoms with Gasteiger partial charge in [0, 0.05) is 18.7 Å². The van der Waals surface area contributed by atoms with Crippen LogP contribution >= 0.6 is 0 Å². The second-order valence-electron chi connectivity index (χ2n) is 6.35. The van der Waals surface area contributed by atoms with Crippen LogP contribution in [0.15, 0.2) is 34.7 Å². The van der Waals surface area contributed by atoms with E-state index >= 15 is 0 Å². The summed E-state index contributed by atoms with van der Waals surface area (Å²) in [6.07, 6.45) is 0. The molecule has 1 atom stereocenters. The highest BCUT2D eigenvalue weighted by molar-refractivity contribution is 7.91. The molecule has 1 fully saturated rings.